The average molecular weight is 214 g/mol. The predicted molar refractivity (Wildman–Crippen MR) is 60.9 cm³/mol. The van der Waals surface area contributed by atoms with Gasteiger partial charge in [-0.1, -0.05) is 11.8 Å². The van der Waals surface area contributed by atoms with Gasteiger partial charge in [-0.2, -0.15) is 0 Å². The summed E-state index contributed by atoms with van der Waals surface area (Å²) >= 11 is 1.81. The Morgan fingerprint density at radius 2 is 2.43 bits per heavy atom. The quantitative estimate of drug-likeness (QED) is 0.704. The number of hydrogen-bond acceptors (Lipinski definition) is 3. The fourth-order valence-electron chi connectivity index (χ4n) is 1.34. The molecule has 1 heterocycles. The largest absolute Gasteiger partial charge is 0.379 e. The minimum Gasteiger partial charge on any atom is -0.379 e. The number of thioether (sulfide) groups is 1. The minimum atomic E-state index is 0.575. The Bertz CT molecular complexity index is 216. The number of rotatable bonds is 5. The highest BCUT2D eigenvalue weighted by Crippen LogP contribution is 2.28. The molecule has 0 amide bonds. The lowest BCUT2D eigenvalue weighted by molar-refractivity contribution is 0.132. The van der Waals surface area contributed by atoms with Crippen LogP contribution < -0.4 is 5.32 Å². The second kappa shape index (κ2) is 5.03. The molecule has 1 atom stereocenters. The lowest BCUT2D eigenvalue weighted by atomic mass is 10.4. The van der Waals surface area contributed by atoms with Crippen molar-refractivity contribution in [3.63, 3.8) is 0 Å². The van der Waals surface area contributed by atoms with Crippen molar-refractivity contribution in [2.24, 2.45) is 10.9 Å². The third-order valence-corrected chi connectivity index (χ3v) is 3.57. The van der Waals surface area contributed by atoms with E-state index in [1.807, 2.05) is 11.8 Å². The van der Waals surface area contributed by atoms with Crippen LogP contribution in [0.25, 0.3) is 0 Å². The molecular weight excluding hydrogens is 196 g/mol. The molecule has 14 heavy (non-hydrogen) atoms. The summed E-state index contributed by atoms with van der Waals surface area (Å²) in [6.45, 7) is 4.70. The maximum Gasteiger partial charge on any atom is 0.156 e. The number of ether oxygens (including phenoxy) is 1. The van der Waals surface area contributed by atoms with E-state index >= 15 is 0 Å². The summed E-state index contributed by atoms with van der Waals surface area (Å²) in [4.78, 5) is 4.43. The predicted octanol–water partition coefficient (Wildman–Crippen LogP) is 1.49. The van der Waals surface area contributed by atoms with Gasteiger partial charge in [-0.25, -0.2) is 0 Å². The molecule has 80 valence electrons. The molecule has 0 radical (unpaired) electrons. The fourth-order valence-corrected chi connectivity index (χ4v) is 2.29. The van der Waals surface area contributed by atoms with Crippen LogP contribution in [0.1, 0.15) is 19.8 Å². The Morgan fingerprint density at radius 1 is 1.57 bits per heavy atom. The molecule has 1 saturated heterocycles. The first-order chi connectivity index (χ1) is 6.84. The molecule has 0 bridgehead atoms. The molecule has 1 N–H and O–H groups in total. The van der Waals surface area contributed by atoms with E-state index in [0.717, 1.165) is 36.6 Å². The Hall–Kier alpha value is -0.220. The molecule has 0 aromatic rings. The Balaban J connectivity index is 1.52. The van der Waals surface area contributed by atoms with Gasteiger partial charge in [0.2, 0.25) is 0 Å². The molecule has 0 spiro atoms. The molecule has 1 unspecified atom stereocenters. The number of nitrogens with one attached hydrogen (secondary N) is 1. The van der Waals surface area contributed by atoms with Crippen LogP contribution >= 0.6 is 11.8 Å². The second-order valence-electron chi connectivity index (χ2n) is 4.06. The van der Waals surface area contributed by atoms with Gasteiger partial charge < -0.3 is 10.1 Å². The van der Waals surface area contributed by atoms with Gasteiger partial charge in [0.1, 0.15) is 0 Å². The molecule has 0 aromatic heterocycles. The van der Waals surface area contributed by atoms with Crippen molar-refractivity contribution < 1.29 is 4.74 Å². The van der Waals surface area contributed by atoms with Gasteiger partial charge in [0.05, 0.1) is 13.2 Å². The van der Waals surface area contributed by atoms with Crippen molar-refractivity contribution in [1.82, 2.24) is 5.32 Å². The summed E-state index contributed by atoms with van der Waals surface area (Å²) in [5, 5.41) is 4.41. The molecule has 4 heteroatoms. The van der Waals surface area contributed by atoms with Gasteiger partial charge in [-0.15, -0.1) is 0 Å². The van der Waals surface area contributed by atoms with E-state index in [-0.39, 0.29) is 0 Å². The second-order valence-corrected chi connectivity index (χ2v) is 5.07. The monoisotopic (exact) mass is 214 g/mol. The van der Waals surface area contributed by atoms with Gasteiger partial charge in [0, 0.05) is 18.4 Å². The average Bonchev–Trinajstić information content (AvgIpc) is 2.89. The summed E-state index contributed by atoms with van der Waals surface area (Å²) in [5.41, 5.74) is 0. The number of nitrogens with zero attached hydrogens (tertiary/aromatic N) is 1. The first-order valence-corrected chi connectivity index (χ1v) is 6.34. The van der Waals surface area contributed by atoms with Crippen LogP contribution in [0, 0.1) is 5.92 Å². The summed E-state index contributed by atoms with van der Waals surface area (Å²) < 4.78 is 5.50. The summed E-state index contributed by atoms with van der Waals surface area (Å²) in [5.74, 6) is 2.00. The lowest BCUT2D eigenvalue weighted by Crippen LogP contribution is -2.23. The summed E-state index contributed by atoms with van der Waals surface area (Å²) in [6.07, 6.45) is 2.73. The normalized spacial score (nSPS) is 29.5. The van der Waals surface area contributed by atoms with Gasteiger partial charge in [-0.05, 0) is 25.7 Å². The standard InChI is InChI=1S/C10H18N2OS/c1-8-7-14-10(12-8)11-4-5-13-6-9-2-3-9/h8-9H,2-7H2,1H3,(H,11,12). The molecular formula is C10H18N2OS. The molecule has 3 nitrogen and oxygen atoms in total. The maximum absolute atomic E-state index is 5.50. The SMILES string of the molecule is CC1CSC(=NCCOCC2CC2)N1. The van der Waals surface area contributed by atoms with E-state index in [1.165, 1.54) is 12.8 Å². The van der Waals surface area contributed by atoms with E-state index in [9.17, 15) is 0 Å². The van der Waals surface area contributed by atoms with Crippen LogP contribution in [0.15, 0.2) is 4.99 Å². The third-order valence-electron chi connectivity index (χ3n) is 2.38. The molecule has 1 aliphatic carbocycles. The highest BCUT2D eigenvalue weighted by molar-refractivity contribution is 8.14. The lowest BCUT2D eigenvalue weighted by Gasteiger charge is -2.02. The van der Waals surface area contributed by atoms with Crippen molar-refractivity contribution in [3.8, 4) is 0 Å². The zero-order valence-electron chi connectivity index (χ0n) is 8.66. The zero-order chi connectivity index (χ0) is 9.80. The molecule has 2 fully saturated rings. The van der Waals surface area contributed by atoms with Crippen molar-refractivity contribution >= 4 is 16.9 Å². The molecule has 1 aliphatic heterocycles. The van der Waals surface area contributed by atoms with Gasteiger partial charge in [0.15, 0.2) is 5.17 Å². The van der Waals surface area contributed by atoms with Crippen LogP contribution in [-0.4, -0.2) is 36.7 Å². The topological polar surface area (TPSA) is 33.6 Å². The van der Waals surface area contributed by atoms with E-state index < -0.39 is 0 Å². The van der Waals surface area contributed by atoms with E-state index in [1.54, 1.807) is 0 Å². The molecule has 1 saturated carbocycles. The van der Waals surface area contributed by atoms with Crippen molar-refractivity contribution in [3.05, 3.63) is 0 Å². The van der Waals surface area contributed by atoms with Crippen LogP contribution in [0.2, 0.25) is 0 Å². The van der Waals surface area contributed by atoms with Crippen LogP contribution in [-0.2, 0) is 4.74 Å². The summed E-state index contributed by atoms with van der Waals surface area (Å²) in [7, 11) is 0. The van der Waals surface area contributed by atoms with Crippen LogP contribution in [0.4, 0.5) is 0 Å². The third kappa shape index (κ3) is 3.50. The Morgan fingerprint density at radius 3 is 3.07 bits per heavy atom. The van der Waals surface area contributed by atoms with Gasteiger partial charge in [0.25, 0.3) is 0 Å². The van der Waals surface area contributed by atoms with Crippen molar-refractivity contribution in [1.29, 1.82) is 0 Å². The van der Waals surface area contributed by atoms with Gasteiger partial charge >= 0.3 is 0 Å². The van der Waals surface area contributed by atoms with Crippen molar-refractivity contribution in [2.45, 2.75) is 25.8 Å². The van der Waals surface area contributed by atoms with E-state index in [4.69, 9.17) is 4.74 Å². The van der Waals surface area contributed by atoms with E-state index in [2.05, 4.69) is 17.2 Å². The summed E-state index contributed by atoms with van der Waals surface area (Å²) in [6, 6.07) is 0.575. The Labute approximate surface area is 89.7 Å². The van der Waals surface area contributed by atoms with Crippen LogP contribution in [0.5, 0.6) is 0 Å². The first kappa shape index (κ1) is 10.3. The minimum absolute atomic E-state index is 0.575. The highest BCUT2D eigenvalue weighted by atomic mass is 32.2. The molecule has 2 aliphatic rings. The maximum atomic E-state index is 5.50. The fraction of sp³-hybridized carbons (Fsp3) is 0.900. The first-order valence-electron chi connectivity index (χ1n) is 5.36. The molecule has 0 aromatic carbocycles. The van der Waals surface area contributed by atoms with Crippen molar-refractivity contribution in [2.75, 3.05) is 25.5 Å². The number of aliphatic imine (C=N–C) groups is 1. The number of hydrogen-bond donors (Lipinski definition) is 1. The van der Waals surface area contributed by atoms with Gasteiger partial charge in [-0.3, -0.25) is 4.99 Å². The zero-order valence-corrected chi connectivity index (χ0v) is 9.48. The van der Waals surface area contributed by atoms with E-state index in [0.29, 0.717) is 6.04 Å². The Kier molecular flexibility index (Phi) is 3.70. The highest BCUT2D eigenvalue weighted by Gasteiger charge is 2.20. The molecule has 2 rings (SSSR count). The smallest absolute Gasteiger partial charge is 0.156 e. The number of amidine groups is 1. The van der Waals surface area contributed by atoms with Crippen LogP contribution in [0.3, 0.4) is 0 Å².